The Labute approximate surface area is 68.8 Å². The highest BCUT2D eigenvalue weighted by molar-refractivity contribution is 5.77. The smallest absolute Gasteiger partial charge is 0.328 e. The fraction of sp³-hybridized carbons (Fsp3) is 0.833. The Kier molecular flexibility index (Phi) is 4.05. The fourth-order valence-corrected chi connectivity index (χ4v) is 0.604. The fourth-order valence-electron chi connectivity index (χ4n) is 0.604. The number of nitrogens with two attached hydrogens (primary N) is 2. The van der Waals surface area contributed by atoms with Gasteiger partial charge >= 0.3 is 5.97 Å². The van der Waals surface area contributed by atoms with Gasteiger partial charge in [0.1, 0.15) is 0 Å². The van der Waals surface area contributed by atoms with Crippen LogP contribution in [0.4, 0.5) is 8.92 Å². The lowest BCUT2D eigenvalue weighted by Crippen LogP contribution is -2.44. The van der Waals surface area contributed by atoms with Gasteiger partial charge in [0, 0.05) is 17.0 Å². The molecule has 0 bridgehead atoms. The highest BCUT2D eigenvalue weighted by Crippen LogP contribution is 2.14. The van der Waals surface area contributed by atoms with Crippen molar-refractivity contribution in [2.45, 2.75) is 31.6 Å². The zero-order chi connectivity index (χ0) is 9.78. The molecule has 0 aliphatic carbocycles. The number of carbonyl (C=O) groups excluding carboxylic acids is 1. The van der Waals surface area contributed by atoms with Crippen LogP contribution < -0.4 is 11.5 Å². The number of hydrogen-bond donors (Lipinski definition) is 2. The summed E-state index contributed by atoms with van der Waals surface area (Å²) >= 11 is 0. The molecule has 4 nitrogen and oxygen atoms in total. The Morgan fingerprint density at radius 2 is 2.25 bits per heavy atom. The van der Waals surface area contributed by atoms with Gasteiger partial charge in [-0.15, -0.1) is 0 Å². The Morgan fingerprint density at radius 3 is 2.58 bits per heavy atom. The van der Waals surface area contributed by atoms with E-state index in [0.717, 1.165) is 0 Å². The minimum Gasteiger partial charge on any atom is -0.328 e. The largest absolute Gasteiger partial charge is 0.400 e. The number of alkyl halides is 1. The van der Waals surface area contributed by atoms with Crippen LogP contribution in [0.15, 0.2) is 0 Å². The zero-order valence-corrected chi connectivity index (χ0v) is 6.72. The van der Waals surface area contributed by atoms with Crippen molar-refractivity contribution in [3.63, 3.8) is 0 Å². The van der Waals surface area contributed by atoms with E-state index >= 15 is 0 Å². The quantitative estimate of drug-likeness (QED) is 0.607. The molecule has 0 heterocycles. The van der Waals surface area contributed by atoms with E-state index in [1.807, 2.05) is 0 Å². The summed E-state index contributed by atoms with van der Waals surface area (Å²) < 4.78 is 24.1. The van der Waals surface area contributed by atoms with Crippen molar-refractivity contribution in [3.05, 3.63) is 0 Å². The maximum Gasteiger partial charge on any atom is 0.400 e. The molecule has 12 heavy (non-hydrogen) atoms. The van der Waals surface area contributed by atoms with Gasteiger partial charge in [-0.25, -0.2) is 14.1 Å². The molecule has 1 unspecified atom stereocenters. The maximum absolute atomic E-state index is 12.9. The number of hydrogen-bond acceptors (Lipinski definition) is 4. The third-order valence-electron chi connectivity index (χ3n) is 1.37. The number of halogens is 2. The normalized spacial score (nSPS) is 18.1. The van der Waals surface area contributed by atoms with Gasteiger partial charge in [0.25, 0.3) is 5.79 Å². The summed E-state index contributed by atoms with van der Waals surface area (Å²) in [5.74, 6) is -4.49. The highest BCUT2D eigenvalue weighted by atomic mass is 19.3. The van der Waals surface area contributed by atoms with E-state index in [1.54, 1.807) is 6.92 Å². The molecule has 0 radical (unpaired) electrons. The molecule has 0 aromatic heterocycles. The predicted molar refractivity (Wildman–Crippen MR) is 38.1 cm³/mol. The number of carbonyl (C=O) groups is 1. The standard InChI is InChI=1S/C6H12F2N2O2/c1-4(9)2-3-6(7,10)5(11)12-8/h4H,2-3,9-10H2,1H3/t4?,6-/m0/s1. The molecule has 2 atom stereocenters. The Bertz CT molecular complexity index is 162. The van der Waals surface area contributed by atoms with E-state index in [9.17, 15) is 13.7 Å². The summed E-state index contributed by atoms with van der Waals surface area (Å²) in [6.45, 7) is 1.62. The third kappa shape index (κ3) is 3.59. The van der Waals surface area contributed by atoms with Crippen molar-refractivity contribution in [1.29, 1.82) is 0 Å². The van der Waals surface area contributed by atoms with E-state index in [2.05, 4.69) is 4.94 Å². The van der Waals surface area contributed by atoms with Crippen molar-refractivity contribution in [1.82, 2.24) is 0 Å². The van der Waals surface area contributed by atoms with E-state index in [1.165, 1.54) is 0 Å². The molecule has 0 aliphatic rings. The van der Waals surface area contributed by atoms with Gasteiger partial charge in [0.05, 0.1) is 0 Å². The lowest BCUT2D eigenvalue weighted by molar-refractivity contribution is -0.198. The van der Waals surface area contributed by atoms with Gasteiger partial charge in [-0.3, -0.25) is 5.73 Å². The SMILES string of the molecule is CC(N)CC[C@@](N)(F)C(=O)OF. The average Bonchev–Trinajstić information content (AvgIpc) is 1.99. The molecular formula is C6H12F2N2O2. The molecular weight excluding hydrogens is 170 g/mol. The van der Waals surface area contributed by atoms with E-state index in [-0.39, 0.29) is 18.9 Å². The molecule has 0 spiro atoms. The molecule has 0 aromatic rings. The molecule has 0 rings (SSSR count). The monoisotopic (exact) mass is 182 g/mol. The first-order valence-electron chi connectivity index (χ1n) is 3.46. The summed E-state index contributed by atoms with van der Waals surface area (Å²) in [6, 6.07) is -0.295. The average molecular weight is 182 g/mol. The first-order chi connectivity index (χ1) is 5.40. The van der Waals surface area contributed by atoms with Crippen molar-refractivity contribution in [2.75, 3.05) is 0 Å². The summed E-state index contributed by atoms with van der Waals surface area (Å²) in [5.41, 5.74) is 10.1. The minimum absolute atomic E-state index is 0.183. The van der Waals surface area contributed by atoms with Gasteiger partial charge in [-0.05, 0) is 13.3 Å². The Balaban J connectivity index is 3.95. The summed E-state index contributed by atoms with van der Waals surface area (Å²) in [4.78, 5) is 13.0. The molecule has 0 amide bonds. The second kappa shape index (κ2) is 4.32. The molecule has 0 saturated carbocycles. The van der Waals surface area contributed by atoms with Crippen molar-refractivity contribution < 1.29 is 18.7 Å². The van der Waals surface area contributed by atoms with Crippen LogP contribution in [0, 0.1) is 0 Å². The first kappa shape index (κ1) is 11.2. The van der Waals surface area contributed by atoms with E-state index in [4.69, 9.17) is 11.5 Å². The molecule has 0 fully saturated rings. The molecule has 0 aliphatic heterocycles. The van der Waals surface area contributed by atoms with Crippen LogP contribution in [0.1, 0.15) is 19.8 Å². The zero-order valence-electron chi connectivity index (χ0n) is 6.72. The van der Waals surface area contributed by atoms with Gasteiger partial charge < -0.3 is 5.73 Å². The lowest BCUT2D eigenvalue weighted by atomic mass is 10.1. The molecule has 0 aromatic carbocycles. The van der Waals surface area contributed by atoms with Crippen LogP contribution in [0.2, 0.25) is 0 Å². The minimum atomic E-state index is -2.78. The van der Waals surface area contributed by atoms with Crippen LogP contribution in [-0.4, -0.2) is 17.8 Å². The second-order valence-corrected chi connectivity index (χ2v) is 2.74. The lowest BCUT2D eigenvalue weighted by Gasteiger charge is -2.15. The van der Waals surface area contributed by atoms with Gasteiger partial charge in [-0.2, -0.15) is 0 Å². The van der Waals surface area contributed by atoms with Gasteiger partial charge in [0.15, 0.2) is 0 Å². The van der Waals surface area contributed by atoms with Crippen LogP contribution in [-0.2, 0) is 9.74 Å². The molecule has 72 valence electrons. The maximum atomic E-state index is 12.9. The van der Waals surface area contributed by atoms with E-state index < -0.39 is 11.8 Å². The van der Waals surface area contributed by atoms with Crippen molar-refractivity contribution >= 4 is 5.97 Å². The third-order valence-corrected chi connectivity index (χ3v) is 1.37. The topological polar surface area (TPSA) is 78.3 Å². The highest BCUT2D eigenvalue weighted by Gasteiger charge is 2.36. The first-order valence-corrected chi connectivity index (χ1v) is 3.46. The van der Waals surface area contributed by atoms with Crippen LogP contribution in [0.3, 0.4) is 0 Å². The number of rotatable bonds is 4. The summed E-state index contributed by atoms with van der Waals surface area (Å²) in [5, 5.41) is 0. The summed E-state index contributed by atoms with van der Waals surface area (Å²) in [7, 11) is 0. The van der Waals surface area contributed by atoms with Crippen molar-refractivity contribution in [3.8, 4) is 0 Å². The predicted octanol–water partition coefficient (Wildman–Crippen LogP) is 0.166. The Hall–Kier alpha value is -0.750. The summed E-state index contributed by atoms with van der Waals surface area (Å²) in [6.07, 6.45) is -0.171. The van der Waals surface area contributed by atoms with Crippen LogP contribution >= 0.6 is 0 Å². The van der Waals surface area contributed by atoms with Gasteiger partial charge in [0.2, 0.25) is 0 Å². The molecule has 0 saturated heterocycles. The van der Waals surface area contributed by atoms with Gasteiger partial charge in [-0.1, -0.05) is 0 Å². The second-order valence-electron chi connectivity index (χ2n) is 2.74. The Morgan fingerprint density at radius 1 is 1.75 bits per heavy atom. The molecule has 4 N–H and O–H groups in total. The molecule has 6 heteroatoms. The van der Waals surface area contributed by atoms with E-state index in [0.29, 0.717) is 0 Å². The van der Waals surface area contributed by atoms with Crippen LogP contribution in [0.5, 0.6) is 0 Å². The van der Waals surface area contributed by atoms with Crippen molar-refractivity contribution in [2.24, 2.45) is 11.5 Å². The van der Waals surface area contributed by atoms with Crippen LogP contribution in [0.25, 0.3) is 0 Å².